The molecule has 1 aromatic heterocycles. The van der Waals surface area contributed by atoms with Gasteiger partial charge in [-0.2, -0.15) is 4.98 Å². The van der Waals surface area contributed by atoms with Crippen molar-refractivity contribution in [2.24, 2.45) is 0 Å². The van der Waals surface area contributed by atoms with Crippen LogP contribution >= 0.6 is 0 Å². The topological polar surface area (TPSA) is 68.5 Å². The maximum Gasteiger partial charge on any atom is 0.264 e. The van der Waals surface area contributed by atoms with E-state index in [1.165, 1.54) is 0 Å². The molecule has 6 nitrogen and oxygen atoms in total. The van der Waals surface area contributed by atoms with Crippen molar-refractivity contribution in [3.8, 4) is 17.1 Å². The van der Waals surface area contributed by atoms with Crippen molar-refractivity contribution in [3.63, 3.8) is 0 Å². The van der Waals surface area contributed by atoms with Crippen LogP contribution < -0.4 is 4.74 Å². The van der Waals surface area contributed by atoms with Gasteiger partial charge in [0.05, 0.1) is 0 Å². The zero-order valence-corrected chi connectivity index (χ0v) is 16.6. The van der Waals surface area contributed by atoms with Gasteiger partial charge >= 0.3 is 0 Å². The smallest absolute Gasteiger partial charge is 0.264 e. The van der Waals surface area contributed by atoms with Crippen molar-refractivity contribution < 1.29 is 14.1 Å². The zero-order valence-electron chi connectivity index (χ0n) is 16.6. The van der Waals surface area contributed by atoms with Gasteiger partial charge in [0.15, 0.2) is 6.10 Å². The third-order valence-corrected chi connectivity index (χ3v) is 4.39. The molecule has 3 aromatic rings. The molecule has 1 unspecified atom stereocenters. The second-order valence-corrected chi connectivity index (χ2v) is 7.01. The summed E-state index contributed by atoms with van der Waals surface area (Å²) in [6.45, 7) is 7.90. The van der Waals surface area contributed by atoms with Crippen molar-refractivity contribution in [1.82, 2.24) is 15.0 Å². The number of para-hydroxylation sites is 1. The summed E-state index contributed by atoms with van der Waals surface area (Å²) in [5.74, 6) is 1.43. The Hall–Kier alpha value is -3.15. The third-order valence-electron chi connectivity index (χ3n) is 4.39. The average molecular weight is 379 g/mol. The monoisotopic (exact) mass is 379 g/mol. The summed E-state index contributed by atoms with van der Waals surface area (Å²) >= 11 is 0. The van der Waals surface area contributed by atoms with Crippen LogP contribution in [0.1, 0.15) is 32.2 Å². The lowest BCUT2D eigenvalue weighted by Crippen LogP contribution is -2.43. The second-order valence-electron chi connectivity index (χ2n) is 7.01. The Kier molecular flexibility index (Phi) is 6.09. The molecule has 0 aliphatic heterocycles. The quantitative estimate of drug-likeness (QED) is 0.614. The van der Waals surface area contributed by atoms with Gasteiger partial charge < -0.3 is 14.2 Å². The molecule has 146 valence electrons. The highest BCUT2D eigenvalue weighted by molar-refractivity contribution is 5.81. The van der Waals surface area contributed by atoms with Crippen LogP contribution in [0.4, 0.5) is 0 Å². The van der Waals surface area contributed by atoms with Gasteiger partial charge in [-0.3, -0.25) is 4.79 Å². The third kappa shape index (κ3) is 4.76. The fourth-order valence-corrected chi connectivity index (χ4v) is 2.79. The van der Waals surface area contributed by atoms with E-state index in [1.807, 2.05) is 75.4 Å². The highest BCUT2D eigenvalue weighted by Gasteiger charge is 2.26. The Labute approximate surface area is 165 Å². The van der Waals surface area contributed by atoms with Crippen molar-refractivity contribution in [1.29, 1.82) is 0 Å². The molecular formula is C22H25N3O3. The van der Waals surface area contributed by atoms with Crippen LogP contribution in [0.2, 0.25) is 0 Å². The number of hydrogen-bond acceptors (Lipinski definition) is 5. The van der Waals surface area contributed by atoms with Gasteiger partial charge in [-0.05, 0) is 39.8 Å². The molecule has 1 amide bonds. The Morgan fingerprint density at radius 3 is 2.39 bits per heavy atom. The first-order chi connectivity index (χ1) is 13.4. The minimum absolute atomic E-state index is 0.0379. The molecule has 0 aliphatic rings. The Bertz CT molecular complexity index is 904. The molecule has 0 radical (unpaired) electrons. The van der Waals surface area contributed by atoms with Crippen LogP contribution in [0.25, 0.3) is 11.4 Å². The van der Waals surface area contributed by atoms with Crippen molar-refractivity contribution in [3.05, 3.63) is 66.1 Å². The number of carbonyl (C=O) groups excluding carboxylic acids is 1. The van der Waals surface area contributed by atoms with E-state index >= 15 is 0 Å². The van der Waals surface area contributed by atoms with Crippen molar-refractivity contribution in [2.45, 2.75) is 46.4 Å². The summed E-state index contributed by atoms with van der Waals surface area (Å²) < 4.78 is 11.2. The standard InChI is InChI=1S/C22H25N3O3/c1-15(2)25(22(26)17(4)27-19-8-6-5-7-9-19)14-20-23-21(24-28-20)18-12-10-16(3)11-13-18/h5-13,15,17H,14H2,1-4H3. The van der Waals surface area contributed by atoms with Crippen molar-refractivity contribution >= 4 is 5.91 Å². The summed E-state index contributed by atoms with van der Waals surface area (Å²) in [6.07, 6.45) is -0.621. The molecule has 0 bridgehead atoms. The minimum atomic E-state index is -0.621. The highest BCUT2D eigenvalue weighted by atomic mass is 16.5. The van der Waals surface area contributed by atoms with Crippen LogP contribution in [0, 0.1) is 6.92 Å². The van der Waals surface area contributed by atoms with Crippen LogP contribution in [-0.2, 0) is 11.3 Å². The van der Waals surface area contributed by atoms with E-state index in [4.69, 9.17) is 9.26 Å². The fourth-order valence-electron chi connectivity index (χ4n) is 2.79. The molecule has 0 N–H and O–H groups in total. The predicted molar refractivity (Wildman–Crippen MR) is 107 cm³/mol. The normalized spacial score (nSPS) is 12.0. The summed E-state index contributed by atoms with van der Waals surface area (Å²) in [4.78, 5) is 19.0. The number of ether oxygens (including phenoxy) is 1. The number of benzene rings is 2. The lowest BCUT2D eigenvalue weighted by molar-refractivity contribution is -0.140. The molecular weight excluding hydrogens is 354 g/mol. The molecule has 0 spiro atoms. The van der Waals surface area contributed by atoms with Gasteiger partial charge in [0.2, 0.25) is 11.7 Å². The number of aromatic nitrogens is 2. The molecule has 1 atom stereocenters. The number of nitrogens with zero attached hydrogens (tertiary/aromatic N) is 3. The minimum Gasteiger partial charge on any atom is -0.481 e. The maximum atomic E-state index is 12.9. The van der Waals surface area contributed by atoms with Gasteiger partial charge in [0.1, 0.15) is 12.3 Å². The molecule has 1 heterocycles. The SMILES string of the molecule is Cc1ccc(-c2noc(CN(C(=O)C(C)Oc3ccccc3)C(C)C)n2)cc1. The van der Waals surface area contributed by atoms with Gasteiger partial charge in [-0.1, -0.05) is 53.2 Å². The van der Waals surface area contributed by atoms with Gasteiger partial charge in [-0.15, -0.1) is 0 Å². The first-order valence-electron chi connectivity index (χ1n) is 9.36. The Morgan fingerprint density at radius 2 is 1.75 bits per heavy atom. The molecule has 0 saturated heterocycles. The number of aryl methyl sites for hydroxylation is 1. The molecule has 6 heteroatoms. The maximum absolute atomic E-state index is 12.9. The lowest BCUT2D eigenvalue weighted by Gasteiger charge is -2.28. The van der Waals surface area contributed by atoms with E-state index in [1.54, 1.807) is 11.8 Å². The first-order valence-corrected chi connectivity index (χ1v) is 9.36. The van der Waals surface area contributed by atoms with Crippen LogP contribution in [0.15, 0.2) is 59.1 Å². The van der Waals surface area contributed by atoms with E-state index in [2.05, 4.69) is 10.1 Å². The molecule has 2 aromatic carbocycles. The van der Waals surface area contributed by atoms with E-state index in [-0.39, 0.29) is 18.5 Å². The summed E-state index contributed by atoms with van der Waals surface area (Å²) in [5, 5.41) is 4.05. The van der Waals surface area contributed by atoms with Crippen molar-refractivity contribution in [2.75, 3.05) is 0 Å². The first kappa shape index (κ1) is 19.6. The Balaban J connectivity index is 1.70. The van der Waals surface area contributed by atoms with Gasteiger partial charge in [-0.25, -0.2) is 0 Å². The number of hydrogen-bond donors (Lipinski definition) is 0. The fraction of sp³-hybridized carbons (Fsp3) is 0.318. The lowest BCUT2D eigenvalue weighted by atomic mass is 10.1. The number of amides is 1. The van der Waals surface area contributed by atoms with Crippen LogP contribution in [0.3, 0.4) is 0 Å². The van der Waals surface area contributed by atoms with E-state index in [0.29, 0.717) is 17.5 Å². The predicted octanol–water partition coefficient (Wildman–Crippen LogP) is 4.25. The van der Waals surface area contributed by atoms with Gasteiger partial charge in [0.25, 0.3) is 5.91 Å². The summed E-state index contributed by atoms with van der Waals surface area (Å²) in [6, 6.07) is 17.2. The second kappa shape index (κ2) is 8.69. The molecule has 3 rings (SSSR count). The van der Waals surface area contributed by atoms with E-state index in [9.17, 15) is 4.79 Å². The van der Waals surface area contributed by atoms with Crippen LogP contribution in [-0.4, -0.2) is 33.1 Å². The molecule has 0 aliphatic carbocycles. The average Bonchev–Trinajstić information content (AvgIpc) is 3.15. The summed E-state index contributed by atoms with van der Waals surface area (Å²) in [7, 11) is 0. The molecule has 28 heavy (non-hydrogen) atoms. The molecule has 0 saturated carbocycles. The Morgan fingerprint density at radius 1 is 1.07 bits per heavy atom. The van der Waals surface area contributed by atoms with E-state index in [0.717, 1.165) is 11.1 Å². The number of carbonyl (C=O) groups is 1. The largest absolute Gasteiger partial charge is 0.481 e. The van der Waals surface area contributed by atoms with Gasteiger partial charge in [0, 0.05) is 11.6 Å². The summed E-state index contributed by atoms with van der Waals surface area (Å²) in [5.41, 5.74) is 2.04. The zero-order chi connectivity index (χ0) is 20.1. The molecule has 0 fully saturated rings. The highest BCUT2D eigenvalue weighted by Crippen LogP contribution is 2.19. The van der Waals surface area contributed by atoms with E-state index < -0.39 is 6.10 Å². The van der Waals surface area contributed by atoms with Crippen LogP contribution in [0.5, 0.6) is 5.75 Å². The number of rotatable bonds is 7.